The van der Waals surface area contributed by atoms with Gasteiger partial charge in [-0.25, -0.2) is 18.1 Å². The molecule has 0 aliphatic rings. The van der Waals surface area contributed by atoms with E-state index in [1.54, 1.807) is 0 Å². The third kappa shape index (κ3) is 3.58. The highest BCUT2D eigenvalue weighted by molar-refractivity contribution is 7.89. The number of imidazole rings is 1. The molecule has 0 amide bonds. The molecule has 0 spiro atoms. The lowest BCUT2D eigenvalue weighted by Crippen LogP contribution is -2.31. The van der Waals surface area contributed by atoms with Crippen LogP contribution in [0.5, 0.6) is 0 Å². The fourth-order valence-electron chi connectivity index (χ4n) is 1.19. The van der Waals surface area contributed by atoms with Crippen molar-refractivity contribution in [2.24, 2.45) is 0 Å². The van der Waals surface area contributed by atoms with Crippen LogP contribution in [-0.4, -0.2) is 38.0 Å². The molecule has 0 bridgehead atoms. The molecular weight excluding hydrogens is 228 g/mol. The summed E-state index contributed by atoms with van der Waals surface area (Å²) in [6.45, 7) is 5.69. The molecule has 1 rings (SSSR count). The minimum atomic E-state index is -3.44. The number of aromatic nitrogens is 2. The number of aryl methyl sites for hydroxylation is 1. The molecule has 0 saturated carbocycles. The maximum atomic E-state index is 11.7. The first-order valence-corrected chi connectivity index (χ1v) is 6.82. The lowest BCUT2D eigenvalue weighted by Gasteiger charge is -2.04. The second-order valence-corrected chi connectivity index (χ2v) is 5.03. The average Bonchev–Trinajstić information content (AvgIpc) is 2.73. The summed E-state index contributed by atoms with van der Waals surface area (Å²) in [5.74, 6) is 0.673. The van der Waals surface area contributed by atoms with Gasteiger partial charge in [0, 0.05) is 19.5 Å². The maximum Gasteiger partial charge on any atom is 0.257 e. The summed E-state index contributed by atoms with van der Waals surface area (Å²) < 4.78 is 25.9. The van der Waals surface area contributed by atoms with E-state index in [1.807, 2.05) is 13.8 Å². The molecule has 6 nitrogen and oxygen atoms in total. The van der Waals surface area contributed by atoms with Crippen LogP contribution in [0.25, 0.3) is 0 Å². The molecule has 3 N–H and O–H groups in total. The summed E-state index contributed by atoms with van der Waals surface area (Å²) >= 11 is 0. The number of hydrogen-bond acceptors (Lipinski definition) is 4. The van der Waals surface area contributed by atoms with Crippen LogP contribution in [0.15, 0.2) is 11.2 Å². The maximum absolute atomic E-state index is 11.7. The van der Waals surface area contributed by atoms with Crippen molar-refractivity contribution >= 4 is 10.0 Å². The van der Waals surface area contributed by atoms with Crippen molar-refractivity contribution in [2.45, 2.75) is 25.3 Å². The molecule has 0 fully saturated rings. The van der Waals surface area contributed by atoms with Gasteiger partial charge in [0.15, 0.2) is 5.03 Å². The molecule has 0 aliphatic heterocycles. The van der Waals surface area contributed by atoms with E-state index in [9.17, 15) is 8.42 Å². The Morgan fingerprint density at radius 3 is 2.69 bits per heavy atom. The smallest absolute Gasteiger partial charge is 0.257 e. The number of rotatable bonds is 7. The van der Waals surface area contributed by atoms with Gasteiger partial charge in [0.2, 0.25) is 0 Å². The minimum absolute atomic E-state index is 0.126. The number of nitrogens with one attached hydrogen (secondary N) is 3. The normalized spacial score (nSPS) is 11.9. The van der Waals surface area contributed by atoms with Crippen molar-refractivity contribution in [3.05, 3.63) is 12.0 Å². The molecule has 1 aromatic rings. The standard InChI is InChI=1S/C9H18N4O2S/c1-3-8-11-7-9(13-8)16(14,15)12-6-5-10-4-2/h7,10,12H,3-6H2,1-2H3,(H,11,13). The van der Waals surface area contributed by atoms with E-state index in [1.165, 1.54) is 6.20 Å². The van der Waals surface area contributed by atoms with Crippen LogP contribution in [0.3, 0.4) is 0 Å². The van der Waals surface area contributed by atoms with Crippen molar-refractivity contribution in [1.82, 2.24) is 20.0 Å². The lowest BCUT2D eigenvalue weighted by molar-refractivity contribution is 0.574. The second-order valence-electron chi connectivity index (χ2n) is 3.30. The predicted molar refractivity (Wildman–Crippen MR) is 61.7 cm³/mol. The molecule has 0 aliphatic carbocycles. The molecule has 1 aromatic heterocycles. The molecule has 92 valence electrons. The van der Waals surface area contributed by atoms with Crippen molar-refractivity contribution < 1.29 is 8.42 Å². The molecule has 0 unspecified atom stereocenters. The molecule has 0 radical (unpaired) electrons. The zero-order valence-corrected chi connectivity index (χ0v) is 10.4. The quantitative estimate of drug-likeness (QED) is 0.584. The van der Waals surface area contributed by atoms with E-state index in [2.05, 4.69) is 20.0 Å². The van der Waals surface area contributed by atoms with Gasteiger partial charge < -0.3 is 10.3 Å². The monoisotopic (exact) mass is 246 g/mol. The number of H-pyrrole nitrogens is 1. The van der Waals surface area contributed by atoms with Gasteiger partial charge in [0.05, 0.1) is 6.20 Å². The molecule has 7 heteroatoms. The van der Waals surface area contributed by atoms with Crippen molar-refractivity contribution in [1.29, 1.82) is 0 Å². The van der Waals surface area contributed by atoms with E-state index in [4.69, 9.17) is 0 Å². The summed E-state index contributed by atoms with van der Waals surface area (Å²) in [5.41, 5.74) is 0. The highest BCUT2D eigenvalue weighted by Gasteiger charge is 2.15. The Kier molecular flexibility index (Phi) is 4.91. The average molecular weight is 246 g/mol. The van der Waals surface area contributed by atoms with Crippen LogP contribution in [0.2, 0.25) is 0 Å². The van der Waals surface area contributed by atoms with Gasteiger partial charge in [-0.3, -0.25) is 0 Å². The Morgan fingerprint density at radius 2 is 2.12 bits per heavy atom. The number of nitrogens with zero attached hydrogens (tertiary/aromatic N) is 1. The number of hydrogen-bond donors (Lipinski definition) is 3. The fraction of sp³-hybridized carbons (Fsp3) is 0.667. The van der Waals surface area contributed by atoms with Gasteiger partial charge in [-0.2, -0.15) is 0 Å². The summed E-state index contributed by atoms with van der Waals surface area (Å²) in [4.78, 5) is 6.72. The number of aromatic amines is 1. The first kappa shape index (κ1) is 13.1. The zero-order valence-electron chi connectivity index (χ0n) is 9.58. The van der Waals surface area contributed by atoms with Crippen LogP contribution >= 0.6 is 0 Å². The highest BCUT2D eigenvalue weighted by Crippen LogP contribution is 2.04. The van der Waals surface area contributed by atoms with Crippen LogP contribution in [0.4, 0.5) is 0 Å². The van der Waals surface area contributed by atoms with Gasteiger partial charge >= 0.3 is 0 Å². The Labute approximate surface area is 95.9 Å². The summed E-state index contributed by atoms with van der Waals surface area (Å²) in [6, 6.07) is 0. The van der Waals surface area contributed by atoms with Gasteiger partial charge in [-0.1, -0.05) is 13.8 Å². The topological polar surface area (TPSA) is 86.9 Å². The van der Waals surface area contributed by atoms with E-state index in [0.717, 1.165) is 6.54 Å². The number of sulfonamides is 1. The van der Waals surface area contributed by atoms with Crippen LogP contribution in [-0.2, 0) is 16.4 Å². The van der Waals surface area contributed by atoms with E-state index < -0.39 is 10.0 Å². The van der Waals surface area contributed by atoms with Gasteiger partial charge in [0.25, 0.3) is 10.0 Å². The SMILES string of the molecule is CCNCCNS(=O)(=O)c1cnc(CC)[nH]1. The minimum Gasteiger partial charge on any atom is -0.332 e. The van der Waals surface area contributed by atoms with Crippen LogP contribution in [0, 0.1) is 0 Å². The third-order valence-electron chi connectivity index (χ3n) is 2.07. The number of likely N-dealkylation sites (N-methyl/N-ethyl adjacent to an activating group) is 1. The van der Waals surface area contributed by atoms with E-state index in [-0.39, 0.29) is 5.03 Å². The van der Waals surface area contributed by atoms with Crippen molar-refractivity contribution in [2.75, 3.05) is 19.6 Å². The first-order valence-electron chi connectivity index (χ1n) is 5.34. The lowest BCUT2D eigenvalue weighted by atomic mass is 10.5. The summed E-state index contributed by atoms with van der Waals surface area (Å²) in [6.07, 6.45) is 2.03. The van der Waals surface area contributed by atoms with Crippen LogP contribution in [0.1, 0.15) is 19.7 Å². The van der Waals surface area contributed by atoms with Gasteiger partial charge in [0.1, 0.15) is 5.82 Å². The Morgan fingerprint density at radius 1 is 1.38 bits per heavy atom. The van der Waals surface area contributed by atoms with Crippen LogP contribution < -0.4 is 10.0 Å². The van der Waals surface area contributed by atoms with Crippen molar-refractivity contribution in [3.63, 3.8) is 0 Å². The van der Waals surface area contributed by atoms with Crippen molar-refractivity contribution in [3.8, 4) is 0 Å². The molecule has 0 aromatic carbocycles. The Balaban J connectivity index is 2.56. The van der Waals surface area contributed by atoms with Gasteiger partial charge in [-0.15, -0.1) is 0 Å². The highest BCUT2D eigenvalue weighted by atomic mass is 32.2. The first-order chi connectivity index (χ1) is 7.60. The Bertz CT molecular complexity index is 413. The molecule has 16 heavy (non-hydrogen) atoms. The summed E-state index contributed by atoms with van der Waals surface area (Å²) in [7, 11) is -3.44. The second kappa shape index (κ2) is 5.97. The molecule has 1 heterocycles. The Hall–Kier alpha value is -0.920. The zero-order chi connectivity index (χ0) is 12.0. The molecule has 0 saturated heterocycles. The third-order valence-corrected chi connectivity index (χ3v) is 3.44. The van der Waals surface area contributed by atoms with E-state index in [0.29, 0.717) is 25.3 Å². The van der Waals surface area contributed by atoms with E-state index >= 15 is 0 Å². The fourth-order valence-corrected chi connectivity index (χ4v) is 2.16. The molecule has 0 atom stereocenters. The van der Waals surface area contributed by atoms with Gasteiger partial charge in [-0.05, 0) is 6.54 Å². The predicted octanol–water partition coefficient (Wildman–Crippen LogP) is -0.140. The largest absolute Gasteiger partial charge is 0.332 e. The summed E-state index contributed by atoms with van der Waals surface area (Å²) in [5, 5.41) is 3.16. The molecular formula is C9H18N4O2S.